The van der Waals surface area contributed by atoms with Gasteiger partial charge < -0.3 is 5.32 Å². The lowest BCUT2D eigenvalue weighted by Gasteiger charge is -2.32. The van der Waals surface area contributed by atoms with Gasteiger partial charge in [-0.1, -0.05) is 54.1 Å². The predicted molar refractivity (Wildman–Crippen MR) is 121 cm³/mol. The summed E-state index contributed by atoms with van der Waals surface area (Å²) in [5.74, 6) is 0.161. The van der Waals surface area contributed by atoms with Crippen LogP contribution in [0.1, 0.15) is 24.0 Å². The van der Waals surface area contributed by atoms with Crippen molar-refractivity contribution in [3.63, 3.8) is 0 Å². The van der Waals surface area contributed by atoms with Crippen LogP contribution in [-0.2, 0) is 17.9 Å². The van der Waals surface area contributed by atoms with Crippen molar-refractivity contribution < 1.29 is 4.79 Å². The van der Waals surface area contributed by atoms with E-state index in [1.807, 2.05) is 24.3 Å². The molecule has 3 aromatic rings. The maximum atomic E-state index is 12.7. The average molecular weight is 425 g/mol. The van der Waals surface area contributed by atoms with E-state index in [0.29, 0.717) is 11.6 Å². The lowest BCUT2D eigenvalue weighted by atomic mass is 9.96. The Hall–Kier alpha value is -2.14. The number of hydrogen-bond acceptors (Lipinski definition) is 3. The summed E-state index contributed by atoms with van der Waals surface area (Å²) in [5.41, 5.74) is 3.53. The molecule has 150 valence electrons. The largest absolute Gasteiger partial charge is 0.352 e. The Balaban J connectivity index is 1.34. The lowest BCUT2D eigenvalue weighted by molar-refractivity contribution is -0.126. The number of nitrogens with zero attached hydrogens (tertiary/aromatic N) is 1. The molecular weight excluding hydrogens is 400 g/mol. The molecule has 1 aliphatic heterocycles. The van der Waals surface area contributed by atoms with Gasteiger partial charge in [-0.15, -0.1) is 11.3 Å². The van der Waals surface area contributed by atoms with Crippen molar-refractivity contribution in [1.82, 2.24) is 10.2 Å². The number of nitrogens with one attached hydrogen (secondary N) is 1. The van der Waals surface area contributed by atoms with Crippen molar-refractivity contribution in [3.05, 3.63) is 82.2 Å². The van der Waals surface area contributed by atoms with Crippen LogP contribution < -0.4 is 5.32 Å². The maximum absolute atomic E-state index is 12.7. The number of benzene rings is 2. The van der Waals surface area contributed by atoms with Crippen molar-refractivity contribution in [2.75, 3.05) is 13.1 Å². The summed E-state index contributed by atoms with van der Waals surface area (Å²) in [4.78, 5) is 16.4. The average Bonchev–Trinajstić information content (AvgIpc) is 3.28. The number of carbonyl (C=O) groups excluding carboxylic acids is 1. The maximum Gasteiger partial charge on any atom is 0.224 e. The molecule has 0 saturated carbocycles. The molecule has 2 aromatic carbocycles. The van der Waals surface area contributed by atoms with Gasteiger partial charge in [-0.2, -0.15) is 0 Å². The minimum atomic E-state index is 0.0340. The Kier molecular flexibility index (Phi) is 6.65. The molecule has 1 N–H and O–H groups in total. The zero-order valence-corrected chi connectivity index (χ0v) is 17.9. The van der Waals surface area contributed by atoms with Crippen LogP contribution >= 0.6 is 22.9 Å². The van der Waals surface area contributed by atoms with Crippen LogP contribution in [0.5, 0.6) is 0 Å². The first kappa shape index (κ1) is 20.1. The van der Waals surface area contributed by atoms with Gasteiger partial charge in [-0.05, 0) is 59.7 Å². The zero-order valence-electron chi connectivity index (χ0n) is 16.3. The van der Waals surface area contributed by atoms with Crippen molar-refractivity contribution in [1.29, 1.82) is 0 Å². The fourth-order valence-corrected chi connectivity index (χ4v) is 4.83. The third-order valence-corrected chi connectivity index (χ3v) is 6.71. The van der Waals surface area contributed by atoms with Crippen LogP contribution in [0.25, 0.3) is 10.4 Å². The number of rotatable bonds is 6. The molecule has 1 unspecified atom stereocenters. The van der Waals surface area contributed by atoms with Gasteiger partial charge in [0.1, 0.15) is 0 Å². The summed E-state index contributed by atoms with van der Waals surface area (Å²) >= 11 is 7.96. The molecule has 1 aromatic heterocycles. The molecule has 5 heteroatoms. The molecule has 29 heavy (non-hydrogen) atoms. The predicted octanol–water partition coefficient (Wildman–Crippen LogP) is 5.60. The Labute approximate surface area is 181 Å². The van der Waals surface area contributed by atoms with Crippen LogP contribution in [0.4, 0.5) is 0 Å². The van der Waals surface area contributed by atoms with E-state index in [4.69, 9.17) is 11.6 Å². The molecule has 3 nitrogen and oxygen atoms in total. The van der Waals surface area contributed by atoms with Crippen LogP contribution in [0.3, 0.4) is 0 Å². The Morgan fingerprint density at radius 3 is 2.86 bits per heavy atom. The minimum absolute atomic E-state index is 0.0340. The normalized spacial score (nSPS) is 17.2. The summed E-state index contributed by atoms with van der Waals surface area (Å²) in [6.07, 6.45) is 1.99. The summed E-state index contributed by atoms with van der Waals surface area (Å²) in [6, 6.07) is 20.6. The van der Waals surface area contributed by atoms with E-state index in [0.717, 1.165) is 38.0 Å². The molecule has 1 amide bonds. The van der Waals surface area contributed by atoms with Crippen LogP contribution in [0, 0.1) is 5.92 Å². The van der Waals surface area contributed by atoms with Crippen molar-refractivity contribution in [2.24, 2.45) is 5.92 Å². The van der Waals surface area contributed by atoms with Gasteiger partial charge in [-0.3, -0.25) is 9.69 Å². The zero-order chi connectivity index (χ0) is 20.1. The number of piperidine rings is 1. The topological polar surface area (TPSA) is 32.3 Å². The quantitative estimate of drug-likeness (QED) is 0.558. The highest BCUT2D eigenvalue weighted by Gasteiger charge is 2.25. The van der Waals surface area contributed by atoms with Crippen molar-refractivity contribution in [2.45, 2.75) is 25.9 Å². The van der Waals surface area contributed by atoms with E-state index >= 15 is 0 Å². The van der Waals surface area contributed by atoms with E-state index in [1.165, 1.54) is 16.0 Å². The number of likely N-dealkylation sites (tertiary alicyclic amines) is 1. The first-order valence-electron chi connectivity index (χ1n) is 10.1. The van der Waals surface area contributed by atoms with E-state index in [9.17, 15) is 4.79 Å². The number of hydrogen-bond donors (Lipinski definition) is 1. The molecule has 1 saturated heterocycles. The Morgan fingerprint density at radius 1 is 1.14 bits per heavy atom. The van der Waals surface area contributed by atoms with E-state index in [1.54, 1.807) is 11.3 Å². The first-order chi connectivity index (χ1) is 14.2. The summed E-state index contributed by atoms with van der Waals surface area (Å²) in [5, 5.41) is 5.88. The molecule has 0 spiro atoms. The molecule has 0 bridgehead atoms. The van der Waals surface area contributed by atoms with Crippen LogP contribution in [-0.4, -0.2) is 23.9 Å². The minimum Gasteiger partial charge on any atom is -0.352 e. The highest BCUT2D eigenvalue weighted by Crippen LogP contribution is 2.26. The molecule has 0 aliphatic carbocycles. The fourth-order valence-electron chi connectivity index (χ4n) is 3.91. The fraction of sp³-hybridized carbons (Fsp3) is 0.292. The van der Waals surface area contributed by atoms with Gasteiger partial charge in [0.2, 0.25) is 5.91 Å². The highest BCUT2D eigenvalue weighted by molar-refractivity contribution is 7.13. The highest BCUT2D eigenvalue weighted by atomic mass is 35.5. The summed E-state index contributed by atoms with van der Waals surface area (Å²) < 4.78 is 0. The molecule has 1 aliphatic rings. The second-order valence-electron chi connectivity index (χ2n) is 7.56. The van der Waals surface area contributed by atoms with Gasteiger partial charge in [-0.25, -0.2) is 0 Å². The van der Waals surface area contributed by atoms with Crippen LogP contribution in [0.15, 0.2) is 66.0 Å². The SMILES string of the molecule is O=C(NCc1ccccc1Cl)C1CCCN(Cc2cccc(-c3cccs3)c2)C1. The monoisotopic (exact) mass is 424 g/mol. The Bertz CT molecular complexity index is 957. The molecule has 0 radical (unpaired) electrons. The van der Waals surface area contributed by atoms with E-state index in [2.05, 4.69) is 52.0 Å². The third kappa shape index (κ3) is 5.27. The van der Waals surface area contributed by atoms with Gasteiger partial charge in [0.15, 0.2) is 0 Å². The van der Waals surface area contributed by atoms with Crippen LogP contribution in [0.2, 0.25) is 5.02 Å². The standard InChI is InChI=1S/C24H25ClN2OS/c25-22-10-2-1-7-20(22)15-26-24(28)21-9-4-12-27(17-21)16-18-6-3-8-19(14-18)23-11-5-13-29-23/h1-3,5-8,10-11,13-14,21H,4,9,12,15-17H2,(H,26,28). The lowest BCUT2D eigenvalue weighted by Crippen LogP contribution is -2.42. The molecule has 1 atom stereocenters. The number of thiophene rings is 1. The van der Waals surface area contributed by atoms with Crippen molar-refractivity contribution in [3.8, 4) is 10.4 Å². The molecule has 4 rings (SSSR count). The van der Waals surface area contributed by atoms with Gasteiger partial charge in [0, 0.05) is 29.5 Å². The molecule has 1 fully saturated rings. The number of carbonyl (C=O) groups is 1. The van der Waals surface area contributed by atoms with Crippen molar-refractivity contribution >= 4 is 28.8 Å². The van der Waals surface area contributed by atoms with Gasteiger partial charge in [0.25, 0.3) is 0 Å². The first-order valence-corrected chi connectivity index (χ1v) is 11.3. The van der Waals surface area contributed by atoms with Gasteiger partial charge >= 0.3 is 0 Å². The smallest absolute Gasteiger partial charge is 0.224 e. The molecular formula is C24H25ClN2OS. The molecule has 2 heterocycles. The van der Waals surface area contributed by atoms with E-state index in [-0.39, 0.29) is 11.8 Å². The number of halogens is 1. The summed E-state index contributed by atoms with van der Waals surface area (Å²) in [7, 11) is 0. The second-order valence-corrected chi connectivity index (χ2v) is 8.92. The van der Waals surface area contributed by atoms with E-state index < -0.39 is 0 Å². The second kappa shape index (κ2) is 9.57. The number of amides is 1. The summed E-state index contributed by atoms with van der Waals surface area (Å²) in [6.45, 7) is 3.21. The third-order valence-electron chi connectivity index (χ3n) is 5.43. The Morgan fingerprint density at radius 2 is 2.03 bits per heavy atom. The van der Waals surface area contributed by atoms with Gasteiger partial charge in [0.05, 0.1) is 5.92 Å².